The van der Waals surface area contributed by atoms with Crippen LogP contribution in [0, 0.1) is 0 Å². The molecule has 2 aromatic carbocycles. The zero-order chi connectivity index (χ0) is 27.5. The number of rotatable bonds is 13. The number of halogens is 1. The van der Waals surface area contributed by atoms with Gasteiger partial charge in [-0.2, -0.15) is 0 Å². The summed E-state index contributed by atoms with van der Waals surface area (Å²) in [5, 5.41) is 15.6. The zero-order valence-electron chi connectivity index (χ0n) is 21.9. The van der Waals surface area contributed by atoms with Crippen LogP contribution in [-0.4, -0.2) is 87.6 Å². The SMILES string of the molecule is COc1cc(N)c(Cl)cc1C(=O)N[C@@H]1CCN(CCNCc2ccc(C(=O)OCCCO)cc2)C[C@@H]1OC. The van der Waals surface area contributed by atoms with Gasteiger partial charge in [-0.3, -0.25) is 9.69 Å². The van der Waals surface area contributed by atoms with Crippen molar-refractivity contribution in [3.63, 3.8) is 0 Å². The number of benzene rings is 2. The molecule has 1 fully saturated rings. The van der Waals surface area contributed by atoms with Crippen molar-refractivity contribution in [3.05, 3.63) is 58.1 Å². The first-order valence-corrected chi connectivity index (χ1v) is 13.0. The van der Waals surface area contributed by atoms with E-state index < -0.39 is 0 Å². The van der Waals surface area contributed by atoms with Crippen molar-refractivity contribution in [2.45, 2.75) is 31.5 Å². The molecule has 2 atom stereocenters. The van der Waals surface area contributed by atoms with Crippen LogP contribution in [0.3, 0.4) is 0 Å². The number of esters is 1. The minimum absolute atomic E-state index is 0.00549. The first-order chi connectivity index (χ1) is 18.4. The van der Waals surface area contributed by atoms with Gasteiger partial charge in [-0.05, 0) is 30.2 Å². The standard InChI is InChI=1S/C27H37ClN4O6/c1-36-24-15-22(29)21(28)14-20(24)26(34)31-23-8-10-32(17-25(23)37-2)11-9-30-16-18-4-6-19(7-5-18)27(35)38-13-3-12-33/h4-7,14-15,23,25,30,33H,3,8-13,16-17,29H2,1-2H3,(H,31,34)/t23-,25+/m1/s1. The van der Waals surface area contributed by atoms with Crippen LogP contribution in [0.1, 0.15) is 39.1 Å². The molecule has 1 aliphatic rings. The maximum atomic E-state index is 13.0. The Morgan fingerprint density at radius 3 is 2.66 bits per heavy atom. The lowest BCUT2D eigenvalue weighted by molar-refractivity contribution is 0.00677. The van der Waals surface area contributed by atoms with Gasteiger partial charge in [0.05, 0.1) is 47.7 Å². The van der Waals surface area contributed by atoms with Crippen molar-refractivity contribution >= 4 is 29.2 Å². The van der Waals surface area contributed by atoms with Crippen molar-refractivity contribution in [2.24, 2.45) is 0 Å². The number of nitrogen functional groups attached to an aromatic ring is 1. The topological polar surface area (TPSA) is 135 Å². The predicted molar refractivity (Wildman–Crippen MR) is 146 cm³/mol. The minimum atomic E-state index is -0.387. The van der Waals surface area contributed by atoms with Crippen molar-refractivity contribution in [1.82, 2.24) is 15.5 Å². The molecule has 0 saturated carbocycles. The fourth-order valence-corrected chi connectivity index (χ4v) is 4.45. The number of piperidine rings is 1. The molecule has 1 amide bonds. The molecule has 10 nitrogen and oxygen atoms in total. The molecule has 0 aromatic heterocycles. The number of anilines is 1. The van der Waals surface area contributed by atoms with Gasteiger partial charge in [-0.25, -0.2) is 4.79 Å². The molecule has 1 aliphatic heterocycles. The third-order valence-electron chi connectivity index (χ3n) is 6.49. The number of hydrogen-bond donors (Lipinski definition) is 4. The summed E-state index contributed by atoms with van der Waals surface area (Å²) in [7, 11) is 3.13. The number of nitrogens with zero attached hydrogens (tertiary/aromatic N) is 1. The van der Waals surface area contributed by atoms with Gasteiger partial charge in [0.15, 0.2) is 0 Å². The largest absolute Gasteiger partial charge is 0.496 e. The number of nitrogens with one attached hydrogen (secondary N) is 2. The highest BCUT2D eigenvalue weighted by Crippen LogP contribution is 2.29. The second kappa shape index (κ2) is 14.9. The highest BCUT2D eigenvalue weighted by molar-refractivity contribution is 6.33. The summed E-state index contributed by atoms with van der Waals surface area (Å²) in [6.07, 6.45) is 1.01. The molecular formula is C27H37ClN4O6. The maximum Gasteiger partial charge on any atom is 0.338 e. The number of likely N-dealkylation sites (tertiary alicyclic amines) is 1. The summed E-state index contributed by atoms with van der Waals surface area (Å²) in [5.41, 5.74) is 8.07. The van der Waals surface area contributed by atoms with E-state index in [2.05, 4.69) is 15.5 Å². The summed E-state index contributed by atoms with van der Waals surface area (Å²) in [6.45, 7) is 3.99. The van der Waals surface area contributed by atoms with Crippen molar-refractivity contribution in [1.29, 1.82) is 0 Å². The third-order valence-corrected chi connectivity index (χ3v) is 6.81. The van der Waals surface area contributed by atoms with Crippen LogP contribution in [-0.2, 0) is 16.0 Å². The van der Waals surface area contributed by atoms with E-state index in [1.807, 2.05) is 12.1 Å². The highest BCUT2D eigenvalue weighted by Gasteiger charge is 2.31. The molecule has 11 heteroatoms. The molecule has 2 aromatic rings. The van der Waals surface area contributed by atoms with Gasteiger partial charge in [0.25, 0.3) is 5.91 Å². The Morgan fingerprint density at radius 1 is 1.21 bits per heavy atom. The highest BCUT2D eigenvalue weighted by atomic mass is 35.5. The maximum absolute atomic E-state index is 13.0. The first-order valence-electron chi connectivity index (χ1n) is 12.6. The lowest BCUT2D eigenvalue weighted by Gasteiger charge is -2.38. The Balaban J connectivity index is 1.42. The van der Waals surface area contributed by atoms with E-state index in [9.17, 15) is 9.59 Å². The Labute approximate surface area is 228 Å². The van der Waals surface area contributed by atoms with E-state index in [1.165, 1.54) is 13.2 Å². The number of carbonyl (C=O) groups excluding carboxylic acids is 2. The summed E-state index contributed by atoms with van der Waals surface area (Å²) in [4.78, 5) is 27.2. The first kappa shape index (κ1) is 29.7. The molecule has 0 aliphatic carbocycles. The number of methoxy groups -OCH3 is 2. The van der Waals surface area contributed by atoms with Crippen LogP contribution in [0.15, 0.2) is 36.4 Å². The zero-order valence-corrected chi connectivity index (χ0v) is 22.6. The Bertz CT molecular complexity index is 1070. The van der Waals surface area contributed by atoms with Crippen molar-refractivity contribution < 1.29 is 28.9 Å². The van der Waals surface area contributed by atoms with Crippen LogP contribution in [0.4, 0.5) is 5.69 Å². The van der Waals surface area contributed by atoms with Crippen LogP contribution < -0.4 is 21.1 Å². The van der Waals surface area contributed by atoms with Gasteiger partial charge in [0.1, 0.15) is 5.75 Å². The average molecular weight is 549 g/mol. The number of hydrogen-bond acceptors (Lipinski definition) is 9. The van der Waals surface area contributed by atoms with Crippen LogP contribution >= 0.6 is 11.6 Å². The molecule has 3 rings (SSSR count). The van der Waals surface area contributed by atoms with E-state index in [-0.39, 0.29) is 37.2 Å². The minimum Gasteiger partial charge on any atom is -0.496 e. The molecule has 0 bridgehead atoms. The summed E-state index contributed by atoms with van der Waals surface area (Å²) < 4.78 is 16.1. The fraction of sp³-hybridized carbons (Fsp3) is 0.481. The van der Waals surface area contributed by atoms with Gasteiger partial charge in [-0.1, -0.05) is 23.7 Å². The van der Waals surface area contributed by atoms with Gasteiger partial charge in [0, 0.05) is 58.9 Å². The van der Waals surface area contributed by atoms with E-state index >= 15 is 0 Å². The van der Waals surface area contributed by atoms with E-state index in [1.54, 1.807) is 25.3 Å². The third kappa shape index (κ3) is 8.31. The monoisotopic (exact) mass is 548 g/mol. The van der Waals surface area contributed by atoms with Crippen LogP contribution in [0.2, 0.25) is 5.02 Å². The summed E-state index contributed by atoms with van der Waals surface area (Å²) >= 11 is 6.12. The molecule has 38 heavy (non-hydrogen) atoms. The van der Waals surface area contributed by atoms with E-state index in [4.69, 9.17) is 36.7 Å². The average Bonchev–Trinajstić information content (AvgIpc) is 2.93. The number of aliphatic hydroxyl groups is 1. The van der Waals surface area contributed by atoms with Gasteiger partial charge < -0.3 is 35.7 Å². The molecule has 1 saturated heterocycles. The fourth-order valence-electron chi connectivity index (χ4n) is 4.29. The van der Waals surface area contributed by atoms with Crippen LogP contribution in [0.25, 0.3) is 0 Å². The van der Waals surface area contributed by atoms with Crippen molar-refractivity contribution in [2.75, 3.05) is 59.3 Å². The van der Waals surface area contributed by atoms with Gasteiger partial charge >= 0.3 is 5.97 Å². The Kier molecular flexibility index (Phi) is 11.6. The molecule has 208 valence electrons. The molecular weight excluding hydrogens is 512 g/mol. The summed E-state index contributed by atoms with van der Waals surface area (Å²) in [5.74, 6) is -0.300. The van der Waals surface area contributed by atoms with Crippen LogP contribution in [0.5, 0.6) is 5.75 Å². The van der Waals surface area contributed by atoms with E-state index in [0.29, 0.717) is 47.1 Å². The number of aliphatic hydroxyl groups excluding tert-OH is 1. The number of nitrogens with two attached hydrogens (primary N) is 1. The van der Waals surface area contributed by atoms with Gasteiger partial charge in [-0.15, -0.1) is 0 Å². The number of ether oxygens (including phenoxy) is 3. The Morgan fingerprint density at radius 2 is 1.97 bits per heavy atom. The lowest BCUT2D eigenvalue weighted by Crippen LogP contribution is -2.55. The second-order valence-electron chi connectivity index (χ2n) is 9.10. The van der Waals surface area contributed by atoms with E-state index in [0.717, 1.165) is 31.6 Å². The number of carbonyl (C=O) groups is 2. The summed E-state index contributed by atoms with van der Waals surface area (Å²) in [6, 6.07) is 10.2. The normalized spacial score (nSPS) is 17.7. The predicted octanol–water partition coefficient (Wildman–Crippen LogP) is 2.08. The van der Waals surface area contributed by atoms with Crippen molar-refractivity contribution in [3.8, 4) is 5.75 Å². The second-order valence-corrected chi connectivity index (χ2v) is 9.51. The molecule has 0 unspecified atom stereocenters. The smallest absolute Gasteiger partial charge is 0.338 e. The molecule has 5 N–H and O–H groups in total. The Hall–Kier alpha value is -2.89. The molecule has 0 spiro atoms. The number of amides is 1. The van der Waals surface area contributed by atoms with Gasteiger partial charge in [0.2, 0.25) is 0 Å². The quantitative estimate of drug-likeness (QED) is 0.168. The molecule has 1 heterocycles. The lowest BCUT2D eigenvalue weighted by atomic mass is 10.0. The molecule has 0 radical (unpaired) electrons.